The van der Waals surface area contributed by atoms with Gasteiger partial charge in [0.1, 0.15) is 0 Å². The number of aromatic nitrogens is 2. The molecule has 0 saturated heterocycles. The predicted molar refractivity (Wildman–Crippen MR) is 203 cm³/mol. The summed E-state index contributed by atoms with van der Waals surface area (Å²) in [5.41, 5.74) is 16.7. The van der Waals surface area contributed by atoms with Gasteiger partial charge in [-0.3, -0.25) is 4.98 Å². The molecule has 2 atom stereocenters. The normalized spacial score (nSPS) is 18.9. The second-order valence-corrected chi connectivity index (χ2v) is 13.1. The van der Waals surface area contributed by atoms with Crippen LogP contribution in [0.2, 0.25) is 0 Å². The molecule has 5 heterocycles. The van der Waals surface area contributed by atoms with Crippen LogP contribution in [-0.2, 0) is 6.54 Å². The fraction of sp³-hybridized carbons (Fsp3) is 0.0682. The molecule has 0 amide bonds. The lowest BCUT2D eigenvalue weighted by atomic mass is 9.89. The van der Waals surface area contributed by atoms with Crippen LogP contribution in [0.15, 0.2) is 152 Å². The molecule has 2 unspecified atom stereocenters. The number of hydrogen-bond acceptors (Lipinski definition) is 4. The highest BCUT2D eigenvalue weighted by molar-refractivity contribution is 6.10. The maximum Gasteiger partial charge on any atom is 0.0943 e. The standard InChI is InChI=1S/C44H33N5/c1-2-6-35-34(4-1)25-45-26-38(35)40-18-16-30-12-14-32(24-42(30)49-40)39-17-15-29-11-13-31(23-41(29)48-39)27-7-9-28(10-8-27)37-22-33-5-3-20-46-43(33)44-36(37)19-21-47-44/h1-24,26,40-41,45,47-49H,25H2. The molecule has 1 aliphatic carbocycles. The van der Waals surface area contributed by atoms with Crippen LogP contribution >= 0.6 is 0 Å². The summed E-state index contributed by atoms with van der Waals surface area (Å²) in [5, 5.41) is 13.4. The molecule has 0 radical (unpaired) electrons. The Morgan fingerprint density at radius 2 is 1.61 bits per heavy atom. The van der Waals surface area contributed by atoms with Crippen LogP contribution in [0.5, 0.6) is 0 Å². The van der Waals surface area contributed by atoms with Crippen LogP contribution < -0.4 is 16.0 Å². The first-order chi connectivity index (χ1) is 24.2. The molecule has 2 aromatic heterocycles. The van der Waals surface area contributed by atoms with Crippen molar-refractivity contribution >= 4 is 50.4 Å². The summed E-state index contributed by atoms with van der Waals surface area (Å²) >= 11 is 0. The van der Waals surface area contributed by atoms with E-state index in [0.717, 1.165) is 34.3 Å². The number of anilines is 1. The van der Waals surface area contributed by atoms with E-state index in [4.69, 9.17) is 0 Å². The number of nitrogens with zero attached hydrogens (tertiary/aromatic N) is 1. The molecule has 0 spiro atoms. The lowest BCUT2D eigenvalue weighted by molar-refractivity contribution is 0.815. The summed E-state index contributed by atoms with van der Waals surface area (Å²) in [4.78, 5) is 8.03. The van der Waals surface area contributed by atoms with E-state index in [-0.39, 0.29) is 12.1 Å². The number of benzene rings is 4. The number of nitrogens with one attached hydrogen (secondary N) is 4. The molecule has 0 bridgehead atoms. The number of hydrogen-bond donors (Lipinski definition) is 4. The molecule has 49 heavy (non-hydrogen) atoms. The van der Waals surface area contributed by atoms with E-state index in [2.05, 4.69) is 160 Å². The van der Waals surface area contributed by atoms with Crippen LogP contribution in [-0.4, -0.2) is 22.1 Å². The summed E-state index contributed by atoms with van der Waals surface area (Å²) in [5.74, 6) is 0. The van der Waals surface area contributed by atoms with Gasteiger partial charge in [-0.05, 0) is 80.4 Å². The van der Waals surface area contributed by atoms with Crippen molar-refractivity contribution in [2.24, 2.45) is 0 Å². The van der Waals surface area contributed by atoms with Crippen LogP contribution in [0.1, 0.15) is 27.8 Å². The number of allylic oxidation sites excluding steroid dienone is 4. The monoisotopic (exact) mass is 631 g/mol. The first-order valence-corrected chi connectivity index (χ1v) is 16.9. The van der Waals surface area contributed by atoms with E-state index in [1.165, 1.54) is 61.0 Å². The van der Waals surface area contributed by atoms with Crippen molar-refractivity contribution in [3.05, 3.63) is 179 Å². The Balaban J connectivity index is 0.897. The van der Waals surface area contributed by atoms with Crippen molar-refractivity contribution in [1.82, 2.24) is 20.6 Å². The van der Waals surface area contributed by atoms with Crippen molar-refractivity contribution in [2.45, 2.75) is 18.6 Å². The Morgan fingerprint density at radius 1 is 0.714 bits per heavy atom. The SMILES string of the molecule is C1=CC2=CC=C(c3ccc4c(c3)NC(C3=CNCc5ccccc53)C=C4)NC2C=C1c1ccc(-c2cc3cccnc3c3[nH]ccc23)cc1. The van der Waals surface area contributed by atoms with Crippen LogP contribution in [0, 0.1) is 0 Å². The first kappa shape index (κ1) is 27.8. The van der Waals surface area contributed by atoms with Gasteiger partial charge in [-0.2, -0.15) is 0 Å². The van der Waals surface area contributed by atoms with Gasteiger partial charge < -0.3 is 20.9 Å². The number of fused-ring (bicyclic) bond motifs is 6. The number of dihydropyridines is 1. The van der Waals surface area contributed by atoms with Crippen molar-refractivity contribution < 1.29 is 0 Å². The zero-order chi connectivity index (χ0) is 32.3. The molecule has 6 aromatic rings. The summed E-state index contributed by atoms with van der Waals surface area (Å²) in [6.45, 7) is 0.866. The third-order valence-electron chi connectivity index (χ3n) is 10.2. The van der Waals surface area contributed by atoms with Gasteiger partial charge in [-0.15, -0.1) is 0 Å². The molecule has 4 aromatic carbocycles. The maximum absolute atomic E-state index is 4.62. The molecule has 4 N–H and O–H groups in total. The fourth-order valence-electron chi connectivity index (χ4n) is 7.67. The lowest BCUT2D eigenvalue weighted by Crippen LogP contribution is -2.31. The quantitative estimate of drug-likeness (QED) is 0.157. The van der Waals surface area contributed by atoms with Gasteiger partial charge in [0.25, 0.3) is 0 Å². The summed E-state index contributed by atoms with van der Waals surface area (Å²) in [6.07, 6.45) is 21.8. The average Bonchev–Trinajstić information content (AvgIpc) is 3.67. The zero-order valence-electron chi connectivity index (χ0n) is 26.7. The minimum Gasteiger partial charge on any atom is -0.386 e. The van der Waals surface area contributed by atoms with E-state index in [0.29, 0.717) is 0 Å². The number of aromatic amines is 1. The van der Waals surface area contributed by atoms with E-state index in [1.807, 2.05) is 18.5 Å². The van der Waals surface area contributed by atoms with Crippen molar-refractivity contribution in [1.29, 1.82) is 0 Å². The van der Waals surface area contributed by atoms with Crippen molar-refractivity contribution in [3.63, 3.8) is 0 Å². The van der Waals surface area contributed by atoms with Crippen LogP contribution in [0.3, 0.4) is 0 Å². The zero-order valence-corrected chi connectivity index (χ0v) is 26.7. The van der Waals surface area contributed by atoms with Gasteiger partial charge >= 0.3 is 0 Å². The second-order valence-electron chi connectivity index (χ2n) is 13.1. The predicted octanol–water partition coefficient (Wildman–Crippen LogP) is 9.23. The molecule has 10 rings (SSSR count). The Hall–Kier alpha value is -6.33. The third-order valence-corrected chi connectivity index (χ3v) is 10.2. The average molecular weight is 632 g/mol. The molecular formula is C44H33N5. The van der Waals surface area contributed by atoms with Gasteiger partial charge in [0.05, 0.1) is 23.1 Å². The molecular weight excluding hydrogens is 599 g/mol. The van der Waals surface area contributed by atoms with Crippen LogP contribution in [0.4, 0.5) is 5.69 Å². The molecule has 0 fully saturated rings. The molecule has 5 heteroatoms. The van der Waals surface area contributed by atoms with Gasteiger partial charge in [-0.25, -0.2) is 0 Å². The third kappa shape index (κ3) is 4.74. The molecule has 0 saturated carbocycles. The van der Waals surface area contributed by atoms with Crippen molar-refractivity contribution in [3.8, 4) is 11.1 Å². The Labute approximate surface area is 284 Å². The fourth-order valence-corrected chi connectivity index (χ4v) is 7.67. The maximum atomic E-state index is 4.62. The largest absolute Gasteiger partial charge is 0.386 e. The number of rotatable bonds is 4. The number of H-pyrrole nitrogens is 1. The Morgan fingerprint density at radius 3 is 2.57 bits per heavy atom. The summed E-state index contributed by atoms with van der Waals surface area (Å²) in [7, 11) is 0. The van der Waals surface area contributed by atoms with Gasteiger partial charge in [0, 0.05) is 52.9 Å². The van der Waals surface area contributed by atoms with Gasteiger partial charge in [-0.1, -0.05) is 103 Å². The number of pyridine rings is 1. The molecule has 5 nitrogen and oxygen atoms in total. The highest BCUT2D eigenvalue weighted by Gasteiger charge is 2.24. The molecule has 4 aliphatic rings. The summed E-state index contributed by atoms with van der Waals surface area (Å²) in [6, 6.07) is 33.0. The second kappa shape index (κ2) is 11.1. The Bertz CT molecular complexity index is 2500. The highest BCUT2D eigenvalue weighted by atomic mass is 15.0. The summed E-state index contributed by atoms with van der Waals surface area (Å²) < 4.78 is 0. The highest BCUT2D eigenvalue weighted by Crippen LogP contribution is 2.37. The minimum atomic E-state index is 0.0961. The molecule has 3 aliphatic heterocycles. The van der Waals surface area contributed by atoms with E-state index < -0.39 is 0 Å². The van der Waals surface area contributed by atoms with Crippen LogP contribution in [0.25, 0.3) is 55.9 Å². The van der Waals surface area contributed by atoms with Gasteiger partial charge in [0.15, 0.2) is 0 Å². The van der Waals surface area contributed by atoms with Gasteiger partial charge in [0.2, 0.25) is 0 Å². The van der Waals surface area contributed by atoms with E-state index in [9.17, 15) is 0 Å². The minimum absolute atomic E-state index is 0.0961. The topological polar surface area (TPSA) is 64.8 Å². The van der Waals surface area contributed by atoms with E-state index >= 15 is 0 Å². The van der Waals surface area contributed by atoms with Crippen molar-refractivity contribution in [2.75, 3.05) is 5.32 Å². The lowest BCUT2D eigenvalue weighted by Gasteiger charge is -2.30. The Kier molecular flexibility index (Phi) is 6.31. The first-order valence-electron chi connectivity index (χ1n) is 16.9. The van der Waals surface area contributed by atoms with E-state index in [1.54, 1.807) is 0 Å². The smallest absolute Gasteiger partial charge is 0.0943 e. The molecule has 234 valence electrons.